The normalized spacial score (nSPS) is 11.1. The number of para-hydroxylation sites is 1. The second-order valence-electron chi connectivity index (χ2n) is 6.76. The number of amides is 1. The standard InChI is InChI=1S/C21H25N3O2/c1-16(2)23(15-20-11-9-17(3)26-20)21(25)12-10-18-13-22-24(14-18)19-7-5-4-6-8-19/h4-9,11,13-14,16H,10,12,15H2,1-3H3. The molecule has 0 unspecified atom stereocenters. The molecule has 0 fully saturated rings. The van der Waals surface area contributed by atoms with Crippen LogP contribution in [0.5, 0.6) is 0 Å². The minimum Gasteiger partial charge on any atom is -0.464 e. The topological polar surface area (TPSA) is 51.3 Å². The molecule has 1 aromatic carbocycles. The number of aryl methyl sites for hydroxylation is 2. The summed E-state index contributed by atoms with van der Waals surface area (Å²) in [5.41, 5.74) is 2.07. The molecule has 1 amide bonds. The molecule has 0 N–H and O–H groups in total. The Labute approximate surface area is 154 Å². The van der Waals surface area contributed by atoms with Crippen LogP contribution in [0.2, 0.25) is 0 Å². The van der Waals surface area contributed by atoms with E-state index in [-0.39, 0.29) is 11.9 Å². The molecule has 26 heavy (non-hydrogen) atoms. The summed E-state index contributed by atoms with van der Waals surface area (Å²) >= 11 is 0. The zero-order valence-electron chi connectivity index (χ0n) is 15.6. The highest BCUT2D eigenvalue weighted by Crippen LogP contribution is 2.15. The molecular weight excluding hydrogens is 326 g/mol. The van der Waals surface area contributed by atoms with Gasteiger partial charge in [-0.05, 0) is 57.0 Å². The first-order valence-corrected chi connectivity index (χ1v) is 8.96. The van der Waals surface area contributed by atoms with Gasteiger partial charge in [0.15, 0.2) is 0 Å². The van der Waals surface area contributed by atoms with Gasteiger partial charge in [-0.3, -0.25) is 4.79 Å². The van der Waals surface area contributed by atoms with E-state index in [2.05, 4.69) is 5.10 Å². The summed E-state index contributed by atoms with van der Waals surface area (Å²) in [7, 11) is 0. The average Bonchev–Trinajstić information content (AvgIpc) is 3.27. The minimum absolute atomic E-state index is 0.125. The molecule has 0 saturated carbocycles. The lowest BCUT2D eigenvalue weighted by Crippen LogP contribution is -2.36. The van der Waals surface area contributed by atoms with Crippen molar-refractivity contribution in [2.24, 2.45) is 0 Å². The van der Waals surface area contributed by atoms with Crippen LogP contribution in [-0.2, 0) is 17.8 Å². The van der Waals surface area contributed by atoms with Crippen molar-refractivity contribution in [3.05, 3.63) is 71.9 Å². The predicted molar refractivity (Wildman–Crippen MR) is 101 cm³/mol. The van der Waals surface area contributed by atoms with Crippen molar-refractivity contribution in [2.75, 3.05) is 0 Å². The molecule has 0 saturated heterocycles. The molecule has 3 rings (SSSR count). The summed E-state index contributed by atoms with van der Waals surface area (Å²) < 4.78 is 7.46. The number of carbonyl (C=O) groups excluding carboxylic acids is 1. The Kier molecular flexibility index (Phi) is 5.56. The molecule has 5 heteroatoms. The fourth-order valence-corrected chi connectivity index (χ4v) is 2.90. The van der Waals surface area contributed by atoms with Gasteiger partial charge in [0.25, 0.3) is 0 Å². The van der Waals surface area contributed by atoms with Gasteiger partial charge >= 0.3 is 0 Å². The maximum absolute atomic E-state index is 12.7. The first-order valence-electron chi connectivity index (χ1n) is 8.96. The Morgan fingerprint density at radius 2 is 1.96 bits per heavy atom. The summed E-state index contributed by atoms with van der Waals surface area (Å²) in [6, 6.07) is 13.9. The van der Waals surface area contributed by atoms with Gasteiger partial charge in [0.1, 0.15) is 11.5 Å². The van der Waals surface area contributed by atoms with Crippen molar-refractivity contribution in [3.63, 3.8) is 0 Å². The average molecular weight is 351 g/mol. The van der Waals surface area contributed by atoms with Crippen LogP contribution in [0.4, 0.5) is 0 Å². The van der Waals surface area contributed by atoms with Crippen LogP contribution in [0.25, 0.3) is 5.69 Å². The van der Waals surface area contributed by atoms with Crippen LogP contribution in [0, 0.1) is 6.92 Å². The molecule has 0 aliphatic rings. The minimum atomic E-state index is 0.125. The highest BCUT2D eigenvalue weighted by atomic mass is 16.3. The van der Waals surface area contributed by atoms with Crippen LogP contribution in [0.3, 0.4) is 0 Å². The third-order valence-corrected chi connectivity index (χ3v) is 4.35. The molecule has 2 aromatic heterocycles. The van der Waals surface area contributed by atoms with Gasteiger partial charge in [-0.2, -0.15) is 5.10 Å². The number of aromatic nitrogens is 2. The molecule has 136 valence electrons. The third-order valence-electron chi connectivity index (χ3n) is 4.35. The lowest BCUT2D eigenvalue weighted by molar-refractivity contribution is -0.133. The number of rotatable bonds is 7. The van der Waals surface area contributed by atoms with Gasteiger partial charge in [0.2, 0.25) is 5.91 Å². The summed E-state index contributed by atoms with van der Waals surface area (Å²) in [4.78, 5) is 14.6. The molecule has 0 aliphatic heterocycles. The van der Waals surface area contributed by atoms with Crippen LogP contribution >= 0.6 is 0 Å². The number of hydrogen-bond donors (Lipinski definition) is 0. The largest absolute Gasteiger partial charge is 0.464 e. The van der Waals surface area contributed by atoms with E-state index < -0.39 is 0 Å². The van der Waals surface area contributed by atoms with E-state index in [9.17, 15) is 4.79 Å². The molecule has 2 heterocycles. The van der Waals surface area contributed by atoms with E-state index in [0.29, 0.717) is 19.4 Å². The van der Waals surface area contributed by atoms with E-state index in [0.717, 1.165) is 22.8 Å². The predicted octanol–water partition coefficient (Wildman–Crippen LogP) is 4.14. The molecule has 3 aromatic rings. The van der Waals surface area contributed by atoms with Crippen molar-refractivity contribution >= 4 is 5.91 Å². The van der Waals surface area contributed by atoms with Gasteiger partial charge in [-0.15, -0.1) is 0 Å². The van der Waals surface area contributed by atoms with Gasteiger partial charge in [0.05, 0.1) is 18.4 Å². The maximum atomic E-state index is 12.7. The highest BCUT2D eigenvalue weighted by molar-refractivity contribution is 5.76. The Morgan fingerprint density at radius 1 is 1.19 bits per heavy atom. The summed E-state index contributed by atoms with van der Waals surface area (Å²) in [5, 5.41) is 4.39. The van der Waals surface area contributed by atoms with Crippen molar-refractivity contribution in [3.8, 4) is 5.69 Å². The first-order chi connectivity index (χ1) is 12.5. The van der Waals surface area contributed by atoms with Crippen molar-refractivity contribution in [1.29, 1.82) is 0 Å². The SMILES string of the molecule is Cc1ccc(CN(C(=O)CCc2cnn(-c3ccccc3)c2)C(C)C)o1. The second kappa shape index (κ2) is 8.04. The quantitative estimate of drug-likeness (QED) is 0.643. The van der Waals surface area contributed by atoms with Gasteiger partial charge in [0, 0.05) is 18.7 Å². The van der Waals surface area contributed by atoms with E-state index in [1.165, 1.54) is 0 Å². The van der Waals surface area contributed by atoms with Crippen molar-refractivity contribution < 1.29 is 9.21 Å². The first kappa shape index (κ1) is 18.0. The van der Waals surface area contributed by atoms with Crippen LogP contribution in [0.15, 0.2) is 59.3 Å². The fourth-order valence-electron chi connectivity index (χ4n) is 2.90. The monoisotopic (exact) mass is 351 g/mol. The number of furan rings is 1. The Balaban J connectivity index is 1.60. The number of carbonyl (C=O) groups is 1. The smallest absolute Gasteiger partial charge is 0.223 e. The molecular formula is C21H25N3O2. The number of nitrogens with zero attached hydrogens (tertiary/aromatic N) is 3. The van der Waals surface area contributed by atoms with Gasteiger partial charge in [-0.25, -0.2) is 4.68 Å². The highest BCUT2D eigenvalue weighted by Gasteiger charge is 2.19. The third kappa shape index (κ3) is 4.42. The fraction of sp³-hybridized carbons (Fsp3) is 0.333. The number of hydrogen-bond acceptors (Lipinski definition) is 3. The van der Waals surface area contributed by atoms with Crippen LogP contribution in [0.1, 0.15) is 37.4 Å². The molecule has 0 atom stereocenters. The van der Waals surface area contributed by atoms with E-state index in [4.69, 9.17) is 4.42 Å². The maximum Gasteiger partial charge on any atom is 0.223 e. The molecule has 0 bridgehead atoms. The van der Waals surface area contributed by atoms with E-state index >= 15 is 0 Å². The Hall–Kier alpha value is -2.82. The summed E-state index contributed by atoms with van der Waals surface area (Å²) in [6.07, 6.45) is 4.94. The zero-order valence-corrected chi connectivity index (χ0v) is 15.6. The van der Waals surface area contributed by atoms with Gasteiger partial charge in [-0.1, -0.05) is 18.2 Å². The molecule has 0 aliphatic carbocycles. The lowest BCUT2D eigenvalue weighted by atomic mass is 10.1. The van der Waals surface area contributed by atoms with E-state index in [1.807, 2.05) is 85.2 Å². The molecule has 5 nitrogen and oxygen atoms in total. The molecule has 0 spiro atoms. The zero-order chi connectivity index (χ0) is 18.5. The summed E-state index contributed by atoms with van der Waals surface area (Å²) in [6.45, 7) is 6.48. The molecule has 0 radical (unpaired) electrons. The summed E-state index contributed by atoms with van der Waals surface area (Å²) in [5.74, 6) is 1.81. The van der Waals surface area contributed by atoms with Crippen LogP contribution in [-0.4, -0.2) is 26.6 Å². The number of benzene rings is 1. The van der Waals surface area contributed by atoms with Crippen LogP contribution < -0.4 is 0 Å². The van der Waals surface area contributed by atoms with E-state index in [1.54, 1.807) is 0 Å². The van der Waals surface area contributed by atoms with Crippen molar-refractivity contribution in [2.45, 2.75) is 46.2 Å². The lowest BCUT2D eigenvalue weighted by Gasteiger charge is -2.25. The Morgan fingerprint density at radius 3 is 2.62 bits per heavy atom. The van der Waals surface area contributed by atoms with Gasteiger partial charge < -0.3 is 9.32 Å². The second-order valence-corrected chi connectivity index (χ2v) is 6.76. The van der Waals surface area contributed by atoms with Crippen molar-refractivity contribution in [1.82, 2.24) is 14.7 Å². The Bertz CT molecular complexity index is 849.